The fraction of sp³-hybridized carbons (Fsp3) is 0.478. The summed E-state index contributed by atoms with van der Waals surface area (Å²) in [6.45, 7) is 6.61. The van der Waals surface area contributed by atoms with E-state index in [0.29, 0.717) is 82.0 Å². The number of anilines is 7. The van der Waals surface area contributed by atoms with Crippen molar-refractivity contribution in [3.05, 3.63) is 30.1 Å². The van der Waals surface area contributed by atoms with Crippen molar-refractivity contribution in [2.75, 3.05) is 90.7 Å². The third-order valence-corrected chi connectivity index (χ3v) is 6.66. The first-order chi connectivity index (χ1) is 19.3. The molecule has 0 atom stereocenters. The van der Waals surface area contributed by atoms with Crippen molar-refractivity contribution in [1.29, 1.82) is 0 Å². The van der Waals surface area contributed by atoms with E-state index in [1.807, 2.05) is 36.1 Å². The maximum atomic E-state index is 11.0. The van der Waals surface area contributed by atoms with Gasteiger partial charge in [0, 0.05) is 44.1 Å². The van der Waals surface area contributed by atoms with Gasteiger partial charge in [0.2, 0.25) is 29.7 Å². The van der Waals surface area contributed by atoms with Gasteiger partial charge in [-0.15, -0.1) is 0 Å². The van der Waals surface area contributed by atoms with Gasteiger partial charge in [-0.2, -0.15) is 29.9 Å². The third kappa shape index (κ3) is 9.29. The van der Waals surface area contributed by atoms with Crippen molar-refractivity contribution in [3.63, 3.8) is 0 Å². The predicted octanol–water partition coefficient (Wildman–Crippen LogP) is -2.51. The van der Waals surface area contributed by atoms with Crippen molar-refractivity contribution < 1.29 is 52.0 Å². The molecule has 3 N–H and O–H groups in total. The Hall–Kier alpha value is -2.93. The molecule has 1 aromatic carbocycles. The standard InChI is InChI=1S/C23H31N11O5S.Na/c1-16-25-20(31-22(26-16)33-6-10-38-11-7-33)27-17-3-2-4-18(15-17)28-21-29-19(24-5-14-40(35,36)37)30-23(32-21)34-8-12-39-13-9-34;/h2-4,15H,5-14H2,1H3,(H,35,36,37)(H,25,26,27,31)(H2,24,28,29,30,32);/q;+1/p-1. The van der Waals surface area contributed by atoms with E-state index in [1.165, 1.54) is 0 Å². The monoisotopic (exact) mass is 595 g/mol. The van der Waals surface area contributed by atoms with E-state index in [4.69, 9.17) is 9.47 Å². The molecule has 2 aliphatic heterocycles. The molecule has 18 heteroatoms. The van der Waals surface area contributed by atoms with E-state index < -0.39 is 15.9 Å². The van der Waals surface area contributed by atoms with Gasteiger partial charge in [-0.1, -0.05) is 6.07 Å². The van der Waals surface area contributed by atoms with Gasteiger partial charge in [0.1, 0.15) is 5.82 Å². The molecule has 0 bridgehead atoms. The fourth-order valence-corrected chi connectivity index (χ4v) is 4.41. The summed E-state index contributed by atoms with van der Waals surface area (Å²) in [7, 11) is -4.38. The van der Waals surface area contributed by atoms with Crippen molar-refractivity contribution in [2.24, 2.45) is 0 Å². The van der Waals surface area contributed by atoms with Crippen LogP contribution < -0.4 is 55.3 Å². The number of hydrogen-bond donors (Lipinski definition) is 3. The van der Waals surface area contributed by atoms with Crippen LogP contribution in [0.3, 0.4) is 0 Å². The Morgan fingerprint density at radius 1 is 0.805 bits per heavy atom. The second kappa shape index (κ2) is 14.3. The number of hydrogen-bond acceptors (Lipinski definition) is 16. The summed E-state index contributed by atoms with van der Waals surface area (Å²) in [4.78, 5) is 30.8. The smallest absolute Gasteiger partial charge is 0.748 e. The number of nitrogens with zero attached hydrogens (tertiary/aromatic N) is 8. The minimum Gasteiger partial charge on any atom is -0.748 e. The Kier molecular flexibility index (Phi) is 10.8. The molecule has 5 rings (SSSR count). The minimum absolute atomic E-state index is 0. The number of rotatable bonds is 10. The van der Waals surface area contributed by atoms with Gasteiger partial charge in [-0.3, -0.25) is 0 Å². The third-order valence-electron chi connectivity index (χ3n) is 5.96. The van der Waals surface area contributed by atoms with Crippen LogP contribution in [0.4, 0.5) is 41.1 Å². The molecular formula is C23H30N11NaO5S. The van der Waals surface area contributed by atoms with E-state index in [1.54, 1.807) is 0 Å². The van der Waals surface area contributed by atoms with Gasteiger partial charge >= 0.3 is 29.6 Å². The molecule has 0 unspecified atom stereocenters. The van der Waals surface area contributed by atoms with E-state index in [2.05, 4.69) is 50.8 Å². The molecule has 0 spiro atoms. The van der Waals surface area contributed by atoms with E-state index in [-0.39, 0.29) is 48.0 Å². The van der Waals surface area contributed by atoms with Gasteiger partial charge in [0.15, 0.2) is 0 Å². The van der Waals surface area contributed by atoms with Crippen LogP contribution >= 0.6 is 0 Å². The molecule has 2 aliphatic rings. The molecule has 0 aliphatic carbocycles. The summed E-state index contributed by atoms with van der Waals surface area (Å²) in [6, 6.07) is 7.42. The summed E-state index contributed by atoms with van der Waals surface area (Å²) in [5.41, 5.74) is 1.40. The number of nitrogens with one attached hydrogen (secondary N) is 3. The predicted molar refractivity (Wildman–Crippen MR) is 147 cm³/mol. The Morgan fingerprint density at radius 3 is 1.88 bits per heavy atom. The minimum atomic E-state index is -4.38. The van der Waals surface area contributed by atoms with Crippen LogP contribution in [0.25, 0.3) is 0 Å². The van der Waals surface area contributed by atoms with Crippen molar-refractivity contribution in [1.82, 2.24) is 29.9 Å². The number of aromatic nitrogens is 6. The van der Waals surface area contributed by atoms with Gasteiger partial charge in [-0.25, -0.2) is 8.42 Å². The number of aryl methyl sites for hydroxylation is 1. The fourth-order valence-electron chi connectivity index (χ4n) is 4.05. The molecule has 4 heterocycles. The number of ether oxygens (including phenoxy) is 2. The van der Waals surface area contributed by atoms with Crippen LogP contribution in [0.2, 0.25) is 0 Å². The molecule has 16 nitrogen and oxygen atoms in total. The zero-order chi connectivity index (χ0) is 28.0. The first-order valence-electron chi connectivity index (χ1n) is 12.8. The molecule has 0 saturated carbocycles. The second-order valence-electron chi connectivity index (χ2n) is 9.01. The van der Waals surface area contributed by atoms with E-state index in [0.717, 1.165) is 5.69 Å². The zero-order valence-corrected chi connectivity index (χ0v) is 25.7. The maximum Gasteiger partial charge on any atom is 1.00 e. The zero-order valence-electron chi connectivity index (χ0n) is 22.9. The van der Waals surface area contributed by atoms with Crippen LogP contribution in [0.1, 0.15) is 5.82 Å². The van der Waals surface area contributed by atoms with Crippen molar-refractivity contribution in [3.8, 4) is 0 Å². The molecule has 41 heavy (non-hydrogen) atoms. The quantitative estimate of drug-likeness (QED) is 0.164. The Morgan fingerprint density at radius 2 is 1.32 bits per heavy atom. The van der Waals surface area contributed by atoms with Gasteiger partial charge in [0.05, 0.1) is 42.3 Å². The first kappa shape index (κ1) is 31.0. The molecule has 2 fully saturated rings. The Bertz CT molecular complexity index is 1420. The number of benzene rings is 1. The topological polar surface area (TPSA) is 196 Å². The Labute approximate surface area is 259 Å². The average molecular weight is 596 g/mol. The first-order valence-corrected chi connectivity index (χ1v) is 14.3. The van der Waals surface area contributed by atoms with Crippen molar-refractivity contribution in [2.45, 2.75) is 6.92 Å². The molecular weight excluding hydrogens is 565 g/mol. The van der Waals surface area contributed by atoms with Crippen LogP contribution in [-0.2, 0) is 19.6 Å². The van der Waals surface area contributed by atoms with E-state index >= 15 is 0 Å². The van der Waals surface area contributed by atoms with E-state index in [9.17, 15) is 13.0 Å². The molecule has 3 aromatic rings. The number of morpholine rings is 2. The summed E-state index contributed by atoms with van der Waals surface area (Å²) >= 11 is 0. The largest absolute Gasteiger partial charge is 1.00 e. The molecule has 2 saturated heterocycles. The van der Waals surface area contributed by atoms with Gasteiger partial charge in [0.25, 0.3) is 0 Å². The van der Waals surface area contributed by atoms with Crippen molar-refractivity contribution >= 4 is 51.2 Å². The second-order valence-corrected chi connectivity index (χ2v) is 10.5. The molecule has 214 valence electrons. The molecule has 2 aromatic heterocycles. The molecule has 0 radical (unpaired) electrons. The maximum absolute atomic E-state index is 11.0. The van der Waals surface area contributed by atoms with Crippen LogP contribution in [0, 0.1) is 6.92 Å². The summed E-state index contributed by atoms with van der Waals surface area (Å²) in [5, 5.41) is 9.21. The summed E-state index contributed by atoms with van der Waals surface area (Å²) in [5.74, 6) is 1.81. The molecule has 0 amide bonds. The van der Waals surface area contributed by atoms with Gasteiger partial charge < -0.3 is 39.8 Å². The average Bonchev–Trinajstić information content (AvgIpc) is 2.93. The van der Waals surface area contributed by atoms with Crippen LogP contribution in [0.5, 0.6) is 0 Å². The summed E-state index contributed by atoms with van der Waals surface area (Å²) in [6.07, 6.45) is 0. The van der Waals surface area contributed by atoms with Gasteiger partial charge in [-0.05, 0) is 25.1 Å². The normalized spacial score (nSPS) is 15.7. The summed E-state index contributed by atoms with van der Waals surface area (Å²) < 4.78 is 43.9. The SMILES string of the molecule is Cc1nc(Nc2cccc(Nc3nc(NCCS(=O)(=O)[O-])nc(N4CCOCC4)n3)c2)nc(N2CCOCC2)n1.[Na+]. The Balaban J connectivity index is 0.00000387. The van der Waals surface area contributed by atoms with Crippen LogP contribution in [-0.4, -0.2) is 108 Å². The van der Waals surface area contributed by atoms with Crippen LogP contribution in [0.15, 0.2) is 24.3 Å².